The van der Waals surface area contributed by atoms with Crippen molar-refractivity contribution in [3.05, 3.63) is 48.0 Å². The predicted molar refractivity (Wildman–Crippen MR) is 67.8 cm³/mol. The second-order valence-corrected chi connectivity index (χ2v) is 3.79. The van der Waals surface area contributed by atoms with Gasteiger partial charge in [0.2, 0.25) is 0 Å². The molecule has 0 aliphatic heterocycles. The summed E-state index contributed by atoms with van der Waals surface area (Å²) in [5.41, 5.74) is 2.03. The number of benzene rings is 1. The highest BCUT2D eigenvalue weighted by Crippen LogP contribution is 2.08. The van der Waals surface area contributed by atoms with E-state index in [1.165, 1.54) is 5.56 Å². The molecule has 0 aliphatic carbocycles. The van der Waals surface area contributed by atoms with Crippen LogP contribution >= 0.6 is 0 Å². The lowest BCUT2D eigenvalue weighted by Gasteiger charge is -2.04. The van der Waals surface area contributed by atoms with Crippen LogP contribution in [0.2, 0.25) is 0 Å². The summed E-state index contributed by atoms with van der Waals surface area (Å²) in [6.45, 7) is 6.78. The lowest BCUT2D eigenvalue weighted by atomic mass is 10.0. The Labute approximate surface area is 97.4 Å². The lowest BCUT2D eigenvalue weighted by Crippen LogP contribution is -2.22. The molecule has 0 spiro atoms. The number of ketones is 1. The van der Waals surface area contributed by atoms with Gasteiger partial charge in [0, 0.05) is 12.1 Å². The first kappa shape index (κ1) is 12.7. The molecule has 0 aromatic heterocycles. The predicted octanol–water partition coefficient (Wildman–Crippen LogP) is 2.60. The van der Waals surface area contributed by atoms with Gasteiger partial charge in [-0.05, 0) is 18.1 Å². The molecule has 16 heavy (non-hydrogen) atoms. The number of carbonyl (C=O) groups is 1. The lowest BCUT2D eigenvalue weighted by molar-refractivity contribution is 0.0992. The van der Waals surface area contributed by atoms with Gasteiger partial charge >= 0.3 is 0 Å². The highest BCUT2D eigenvalue weighted by Gasteiger charge is 2.04. The number of nitrogens with one attached hydrogen (secondary N) is 1. The van der Waals surface area contributed by atoms with Gasteiger partial charge in [0.05, 0.1) is 6.54 Å². The fourth-order valence-electron chi connectivity index (χ4n) is 1.58. The van der Waals surface area contributed by atoms with Gasteiger partial charge in [-0.25, -0.2) is 0 Å². The zero-order valence-electron chi connectivity index (χ0n) is 9.83. The third-order valence-electron chi connectivity index (χ3n) is 2.36. The monoisotopic (exact) mass is 217 g/mol. The first-order valence-electron chi connectivity index (χ1n) is 5.71. The number of hydrogen-bond donors (Lipinski definition) is 1. The van der Waals surface area contributed by atoms with Gasteiger partial charge in [0.25, 0.3) is 0 Å². The Balaban J connectivity index is 2.60. The van der Waals surface area contributed by atoms with E-state index in [2.05, 4.69) is 24.9 Å². The van der Waals surface area contributed by atoms with E-state index in [1.807, 2.05) is 18.2 Å². The molecule has 0 aliphatic rings. The van der Waals surface area contributed by atoms with E-state index in [9.17, 15) is 4.79 Å². The zero-order chi connectivity index (χ0) is 11.8. The van der Waals surface area contributed by atoms with Crippen LogP contribution in [0.1, 0.15) is 29.3 Å². The molecule has 86 valence electrons. The summed E-state index contributed by atoms with van der Waals surface area (Å²) in [5, 5.41) is 3.02. The van der Waals surface area contributed by atoms with Crippen LogP contribution in [0.5, 0.6) is 0 Å². The minimum absolute atomic E-state index is 0.139. The largest absolute Gasteiger partial charge is 0.306 e. The molecule has 1 N–H and O–H groups in total. The first-order valence-corrected chi connectivity index (χ1v) is 5.71. The average Bonchev–Trinajstić information content (AvgIpc) is 2.30. The van der Waals surface area contributed by atoms with Gasteiger partial charge < -0.3 is 5.32 Å². The molecule has 1 aromatic rings. The van der Waals surface area contributed by atoms with Crippen LogP contribution in [0.3, 0.4) is 0 Å². The van der Waals surface area contributed by atoms with Crippen LogP contribution in [0.25, 0.3) is 0 Å². The van der Waals surface area contributed by atoms with Crippen molar-refractivity contribution in [1.29, 1.82) is 0 Å². The van der Waals surface area contributed by atoms with Gasteiger partial charge in [-0.3, -0.25) is 4.79 Å². The van der Waals surface area contributed by atoms with Crippen LogP contribution in [0.4, 0.5) is 0 Å². The summed E-state index contributed by atoms with van der Waals surface area (Å²) in [6.07, 6.45) is 3.88. The van der Waals surface area contributed by atoms with Crippen LogP contribution < -0.4 is 5.32 Å². The molecule has 0 fully saturated rings. The summed E-state index contributed by atoms with van der Waals surface area (Å²) >= 11 is 0. The minimum atomic E-state index is 0.139. The molecule has 0 amide bonds. The van der Waals surface area contributed by atoms with Crippen molar-refractivity contribution >= 4 is 5.78 Å². The van der Waals surface area contributed by atoms with E-state index < -0.39 is 0 Å². The third-order valence-corrected chi connectivity index (χ3v) is 2.36. The Bertz CT molecular complexity index is 358. The molecule has 0 radical (unpaired) electrons. The van der Waals surface area contributed by atoms with Gasteiger partial charge in [-0.1, -0.05) is 37.6 Å². The molecule has 2 nitrogen and oxygen atoms in total. The molecule has 0 atom stereocenters. The SMILES string of the molecule is C=CCNCC(=O)c1cccc(CCC)c1. The molecule has 1 aromatic carbocycles. The summed E-state index contributed by atoms with van der Waals surface area (Å²) in [7, 11) is 0. The second kappa shape index (κ2) is 6.96. The number of rotatable bonds is 7. The molecule has 2 heteroatoms. The average molecular weight is 217 g/mol. The zero-order valence-corrected chi connectivity index (χ0v) is 9.83. The van der Waals surface area contributed by atoms with E-state index >= 15 is 0 Å². The number of Topliss-reactive ketones (excluding diaryl/α,β-unsaturated/α-hetero) is 1. The Hall–Kier alpha value is -1.41. The van der Waals surface area contributed by atoms with Crippen LogP contribution in [-0.2, 0) is 6.42 Å². The normalized spacial score (nSPS) is 10.1. The van der Waals surface area contributed by atoms with Crippen molar-refractivity contribution in [3.63, 3.8) is 0 Å². The third kappa shape index (κ3) is 3.99. The summed E-state index contributed by atoms with van der Waals surface area (Å²) < 4.78 is 0. The summed E-state index contributed by atoms with van der Waals surface area (Å²) in [6, 6.07) is 7.88. The number of carbonyl (C=O) groups excluding carboxylic acids is 1. The maximum atomic E-state index is 11.8. The second-order valence-electron chi connectivity index (χ2n) is 3.79. The van der Waals surface area contributed by atoms with Crippen molar-refractivity contribution in [3.8, 4) is 0 Å². The molecule has 0 bridgehead atoms. The van der Waals surface area contributed by atoms with E-state index in [4.69, 9.17) is 0 Å². The highest BCUT2D eigenvalue weighted by molar-refractivity contribution is 5.97. The molecular formula is C14H19NO. The fraction of sp³-hybridized carbons (Fsp3) is 0.357. The molecule has 0 saturated carbocycles. The minimum Gasteiger partial charge on any atom is -0.306 e. The van der Waals surface area contributed by atoms with Gasteiger partial charge in [-0.2, -0.15) is 0 Å². The first-order chi connectivity index (χ1) is 7.77. The summed E-state index contributed by atoms with van der Waals surface area (Å²) in [4.78, 5) is 11.8. The Morgan fingerprint density at radius 2 is 2.31 bits per heavy atom. The molecule has 0 heterocycles. The number of aryl methyl sites for hydroxylation is 1. The smallest absolute Gasteiger partial charge is 0.176 e. The Morgan fingerprint density at radius 1 is 1.50 bits per heavy atom. The van der Waals surface area contributed by atoms with Crippen LogP contribution in [0, 0.1) is 0 Å². The van der Waals surface area contributed by atoms with Gasteiger partial charge in [0.15, 0.2) is 5.78 Å². The van der Waals surface area contributed by atoms with Crippen LogP contribution in [-0.4, -0.2) is 18.9 Å². The van der Waals surface area contributed by atoms with Crippen molar-refractivity contribution in [2.75, 3.05) is 13.1 Å². The molecule has 0 unspecified atom stereocenters. The molecular weight excluding hydrogens is 198 g/mol. The van der Waals surface area contributed by atoms with Gasteiger partial charge in [-0.15, -0.1) is 6.58 Å². The van der Waals surface area contributed by atoms with Gasteiger partial charge in [0.1, 0.15) is 0 Å². The Morgan fingerprint density at radius 3 is 3.00 bits per heavy atom. The quantitative estimate of drug-likeness (QED) is 0.432. The number of hydrogen-bond acceptors (Lipinski definition) is 2. The van der Waals surface area contributed by atoms with Crippen molar-refractivity contribution in [1.82, 2.24) is 5.32 Å². The summed E-state index contributed by atoms with van der Waals surface area (Å²) in [5.74, 6) is 0.139. The fourth-order valence-corrected chi connectivity index (χ4v) is 1.58. The van der Waals surface area contributed by atoms with Crippen molar-refractivity contribution in [2.24, 2.45) is 0 Å². The molecule has 0 saturated heterocycles. The van der Waals surface area contributed by atoms with E-state index in [0.717, 1.165) is 18.4 Å². The van der Waals surface area contributed by atoms with Crippen molar-refractivity contribution < 1.29 is 4.79 Å². The Kier molecular flexibility index (Phi) is 5.51. The van der Waals surface area contributed by atoms with Crippen molar-refractivity contribution in [2.45, 2.75) is 19.8 Å². The van der Waals surface area contributed by atoms with E-state index in [0.29, 0.717) is 13.1 Å². The van der Waals surface area contributed by atoms with E-state index in [-0.39, 0.29) is 5.78 Å². The van der Waals surface area contributed by atoms with E-state index in [1.54, 1.807) is 6.08 Å². The topological polar surface area (TPSA) is 29.1 Å². The molecule has 1 rings (SSSR count). The maximum absolute atomic E-state index is 11.8. The highest BCUT2D eigenvalue weighted by atomic mass is 16.1. The maximum Gasteiger partial charge on any atom is 0.176 e. The standard InChI is InChI=1S/C14H19NO/c1-3-6-12-7-5-8-13(10-12)14(16)11-15-9-4-2/h4-5,7-8,10,15H,2-3,6,9,11H2,1H3. The van der Waals surface area contributed by atoms with Crippen LogP contribution in [0.15, 0.2) is 36.9 Å².